The molecule has 32 heavy (non-hydrogen) atoms. The summed E-state index contributed by atoms with van der Waals surface area (Å²) in [4.78, 5) is 24.6. The SMILES string of the molecule is COc1ccc([N+](=O)[O-])cc1CO[n+]1cnc2c(ncn2[C@@H]2O[C@H](CO)[C@@H](O)[C@H]2O)c1N. The van der Waals surface area contributed by atoms with Crippen molar-refractivity contribution in [2.24, 2.45) is 0 Å². The van der Waals surface area contributed by atoms with Crippen LogP contribution in [0, 0.1) is 10.1 Å². The molecule has 4 rings (SSSR count). The van der Waals surface area contributed by atoms with Crippen molar-refractivity contribution >= 4 is 22.7 Å². The third-order valence-electron chi connectivity index (χ3n) is 5.16. The summed E-state index contributed by atoms with van der Waals surface area (Å²) in [5.74, 6) is 0.474. The molecule has 3 heterocycles. The number of aliphatic hydroxyl groups excluding tert-OH is 3. The van der Waals surface area contributed by atoms with Crippen LogP contribution < -0.4 is 20.0 Å². The predicted octanol–water partition coefficient (Wildman–Crippen LogP) is -1.54. The number of fused-ring (bicyclic) bond motifs is 1. The van der Waals surface area contributed by atoms with Crippen molar-refractivity contribution < 1.29 is 39.3 Å². The molecule has 1 aliphatic rings. The zero-order valence-corrected chi connectivity index (χ0v) is 16.8. The van der Waals surface area contributed by atoms with Gasteiger partial charge in [-0.05, 0) is 6.07 Å². The van der Waals surface area contributed by atoms with Crippen molar-refractivity contribution in [3.05, 3.63) is 46.5 Å². The third-order valence-corrected chi connectivity index (χ3v) is 5.16. The molecule has 2 aromatic heterocycles. The van der Waals surface area contributed by atoms with Gasteiger partial charge in [0, 0.05) is 17.7 Å². The Morgan fingerprint density at radius 2 is 2.12 bits per heavy atom. The molecular weight excluding hydrogens is 428 g/mol. The predicted molar refractivity (Wildman–Crippen MR) is 105 cm³/mol. The van der Waals surface area contributed by atoms with Crippen molar-refractivity contribution in [2.75, 3.05) is 19.5 Å². The van der Waals surface area contributed by atoms with E-state index >= 15 is 0 Å². The summed E-state index contributed by atoms with van der Waals surface area (Å²) < 4.78 is 13.3. The number of imidazole rings is 1. The number of nitrogens with two attached hydrogens (primary N) is 1. The van der Waals surface area contributed by atoms with E-state index in [1.165, 1.54) is 42.5 Å². The smallest absolute Gasteiger partial charge is 0.289 e. The number of aliphatic hydroxyl groups is 3. The molecule has 14 nitrogen and oxygen atoms in total. The van der Waals surface area contributed by atoms with E-state index in [1.54, 1.807) is 0 Å². The topological polar surface area (TPSA) is 192 Å². The summed E-state index contributed by atoms with van der Waals surface area (Å²) in [7, 11) is 1.43. The number of nitrogen functional groups attached to an aromatic ring is 1. The first-order valence-corrected chi connectivity index (χ1v) is 9.45. The summed E-state index contributed by atoms with van der Waals surface area (Å²) in [5, 5.41) is 40.6. The van der Waals surface area contributed by atoms with Gasteiger partial charge < -0.3 is 35.4 Å². The molecule has 14 heteroatoms. The molecule has 0 bridgehead atoms. The van der Waals surface area contributed by atoms with Gasteiger partial charge in [0.05, 0.1) is 18.6 Å². The molecular formula is C18H21N6O8+. The number of rotatable bonds is 7. The minimum atomic E-state index is -1.31. The highest BCUT2D eigenvalue weighted by atomic mass is 16.7. The molecule has 1 aromatic carbocycles. The van der Waals surface area contributed by atoms with E-state index in [-0.39, 0.29) is 29.3 Å². The number of ether oxygens (including phenoxy) is 2. The van der Waals surface area contributed by atoms with Crippen LogP contribution in [0.2, 0.25) is 0 Å². The molecule has 0 amide bonds. The minimum Gasteiger partial charge on any atom is -0.496 e. The number of aromatic nitrogens is 4. The number of benzene rings is 1. The van der Waals surface area contributed by atoms with Crippen LogP contribution in [0.4, 0.5) is 11.5 Å². The fraction of sp³-hybridized carbons (Fsp3) is 0.389. The number of nitrogens with zero attached hydrogens (tertiary/aromatic N) is 5. The molecule has 4 atom stereocenters. The van der Waals surface area contributed by atoms with Gasteiger partial charge in [-0.25, -0.2) is 4.98 Å². The lowest BCUT2D eigenvalue weighted by atomic mass is 10.1. The maximum atomic E-state index is 11.0. The largest absolute Gasteiger partial charge is 0.496 e. The van der Waals surface area contributed by atoms with Gasteiger partial charge in [0.15, 0.2) is 12.8 Å². The Morgan fingerprint density at radius 3 is 2.78 bits per heavy atom. The van der Waals surface area contributed by atoms with Gasteiger partial charge in [0.1, 0.15) is 30.4 Å². The first kappa shape index (κ1) is 21.6. The van der Waals surface area contributed by atoms with Gasteiger partial charge in [0.25, 0.3) is 17.8 Å². The van der Waals surface area contributed by atoms with Crippen LogP contribution in [0.5, 0.6) is 5.75 Å². The number of non-ortho nitro benzene ring substituents is 1. The van der Waals surface area contributed by atoms with Crippen LogP contribution >= 0.6 is 0 Å². The van der Waals surface area contributed by atoms with Crippen molar-refractivity contribution in [1.29, 1.82) is 0 Å². The van der Waals surface area contributed by atoms with E-state index in [1.807, 2.05) is 0 Å². The van der Waals surface area contributed by atoms with Crippen LogP contribution in [0.15, 0.2) is 30.9 Å². The summed E-state index contributed by atoms with van der Waals surface area (Å²) in [5.41, 5.74) is 6.94. The Balaban J connectivity index is 1.60. The van der Waals surface area contributed by atoms with E-state index < -0.39 is 36.1 Å². The monoisotopic (exact) mass is 449 g/mol. The lowest BCUT2D eigenvalue weighted by molar-refractivity contribution is -0.885. The molecule has 1 fully saturated rings. The first-order chi connectivity index (χ1) is 15.3. The van der Waals surface area contributed by atoms with Crippen LogP contribution in [-0.4, -0.2) is 66.8 Å². The van der Waals surface area contributed by atoms with E-state index in [0.29, 0.717) is 11.3 Å². The number of hydrogen-bond acceptors (Lipinski definition) is 11. The zero-order chi connectivity index (χ0) is 23.0. The highest BCUT2D eigenvalue weighted by Gasteiger charge is 2.44. The Morgan fingerprint density at radius 1 is 1.34 bits per heavy atom. The lowest BCUT2D eigenvalue weighted by Gasteiger charge is -2.15. The third kappa shape index (κ3) is 3.64. The van der Waals surface area contributed by atoms with Crippen molar-refractivity contribution in [2.45, 2.75) is 31.1 Å². The quantitative estimate of drug-likeness (QED) is 0.186. The summed E-state index contributed by atoms with van der Waals surface area (Å²) >= 11 is 0. The maximum absolute atomic E-state index is 11.0. The van der Waals surface area contributed by atoms with Gasteiger partial charge in [0.2, 0.25) is 11.2 Å². The fourth-order valence-corrected chi connectivity index (χ4v) is 3.47. The number of nitro groups is 1. The second kappa shape index (κ2) is 8.51. The van der Waals surface area contributed by atoms with Gasteiger partial charge in [-0.1, -0.05) is 9.71 Å². The summed E-state index contributed by atoms with van der Waals surface area (Å²) in [6, 6.07) is 4.12. The highest BCUT2D eigenvalue weighted by molar-refractivity contribution is 5.79. The van der Waals surface area contributed by atoms with E-state index in [9.17, 15) is 25.4 Å². The summed E-state index contributed by atoms with van der Waals surface area (Å²) in [6.45, 7) is -0.575. The molecule has 1 saturated heterocycles. The van der Waals surface area contributed by atoms with E-state index in [4.69, 9.17) is 20.0 Å². The van der Waals surface area contributed by atoms with E-state index in [0.717, 1.165) is 4.73 Å². The van der Waals surface area contributed by atoms with Gasteiger partial charge in [-0.2, -0.15) is 0 Å². The van der Waals surface area contributed by atoms with Crippen LogP contribution in [0.25, 0.3) is 11.2 Å². The number of anilines is 1. The normalized spacial score (nSPS) is 22.9. The molecule has 5 N–H and O–H groups in total. The van der Waals surface area contributed by atoms with Crippen molar-refractivity contribution in [3.63, 3.8) is 0 Å². The van der Waals surface area contributed by atoms with Gasteiger partial charge in [-0.3, -0.25) is 14.7 Å². The van der Waals surface area contributed by atoms with Crippen molar-refractivity contribution in [1.82, 2.24) is 14.5 Å². The van der Waals surface area contributed by atoms with Gasteiger partial charge in [-0.15, -0.1) is 0 Å². The molecule has 0 aliphatic carbocycles. The minimum absolute atomic E-state index is 0.0740. The average Bonchev–Trinajstić information content (AvgIpc) is 3.34. The molecule has 0 unspecified atom stereocenters. The molecule has 0 radical (unpaired) electrons. The van der Waals surface area contributed by atoms with Crippen LogP contribution in [0.1, 0.15) is 11.8 Å². The van der Waals surface area contributed by atoms with Crippen molar-refractivity contribution in [3.8, 4) is 5.75 Å². The fourth-order valence-electron chi connectivity index (χ4n) is 3.47. The lowest BCUT2D eigenvalue weighted by Crippen LogP contribution is -2.45. The first-order valence-electron chi connectivity index (χ1n) is 9.45. The molecule has 0 spiro atoms. The van der Waals surface area contributed by atoms with Crippen LogP contribution in [0.3, 0.4) is 0 Å². The molecule has 0 saturated carbocycles. The molecule has 3 aromatic rings. The molecule has 170 valence electrons. The second-order valence-corrected chi connectivity index (χ2v) is 7.04. The van der Waals surface area contributed by atoms with Crippen LogP contribution in [-0.2, 0) is 11.3 Å². The number of nitro benzene ring substituents is 1. The number of methoxy groups -OCH3 is 1. The second-order valence-electron chi connectivity index (χ2n) is 7.04. The highest BCUT2D eigenvalue weighted by Crippen LogP contribution is 2.31. The maximum Gasteiger partial charge on any atom is 0.289 e. The Hall–Kier alpha value is -3.59. The summed E-state index contributed by atoms with van der Waals surface area (Å²) in [6.07, 6.45) is -1.96. The van der Waals surface area contributed by atoms with E-state index in [2.05, 4.69) is 9.97 Å². The average molecular weight is 449 g/mol. The molecule has 1 aliphatic heterocycles. The number of hydrogen-bond donors (Lipinski definition) is 4. The standard InChI is InChI=1S/C18H20N6O8/c1-30-11-3-2-10(24(28)29)4-9(11)6-31-23-8-21-17-13(16(23)19)20-7-22(17)18-15(27)14(26)12(5-25)32-18/h2-4,7-8,12,14-15,18-19,25-27H,5-6H2,1H3/p+1/t12-,14-,15-,18-/m1/s1. The zero-order valence-electron chi connectivity index (χ0n) is 16.8. The van der Waals surface area contributed by atoms with Gasteiger partial charge >= 0.3 is 0 Å². The Bertz CT molecular complexity index is 1150. The Kier molecular flexibility index (Phi) is 5.75. The Labute approximate surface area is 180 Å².